The summed E-state index contributed by atoms with van der Waals surface area (Å²) in [4.78, 5) is 32.8. The predicted molar refractivity (Wildman–Crippen MR) is 245 cm³/mol. The molecule has 9 aromatic rings. The van der Waals surface area contributed by atoms with Gasteiger partial charge in [-0.15, -0.1) is 0 Å². The quantitative estimate of drug-likeness (QED) is 0.102. The van der Waals surface area contributed by atoms with Gasteiger partial charge in [0.2, 0.25) is 0 Å². The maximum Gasteiger partial charge on any atom is 0.164 e. The Morgan fingerprint density at radius 2 is 0.717 bits per heavy atom. The van der Waals surface area contributed by atoms with Gasteiger partial charge in [-0.25, -0.2) is 34.9 Å². The minimum absolute atomic E-state index is 0.514. The first-order chi connectivity index (χ1) is 29.6. The molecule has 0 aliphatic heterocycles. The van der Waals surface area contributed by atoms with E-state index in [1.165, 1.54) is 6.20 Å². The van der Waals surface area contributed by atoms with Gasteiger partial charge in [-0.3, -0.25) is 0 Å². The molecule has 7 nitrogen and oxygen atoms in total. The van der Waals surface area contributed by atoms with Gasteiger partial charge in [-0.05, 0) is 93.7 Å². The number of aromatic nitrogens is 5. The van der Waals surface area contributed by atoms with Crippen molar-refractivity contribution in [2.75, 3.05) is 0 Å². The van der Waals surface area contributed by atoms with E-state index in [1.54, 1.807) is 12.4 Å². The molecule has 0 bridgehead atoms. The van der Waals surface area contributed by atoms with Gasteiger partial charge >= 0.3 is 0 Å². The molecule has 284 valence electrons. The minimum atomic E-state index is 0.514. The van der Waals surface area contributed by atoms with Crippen LogP contribution in [0.1, 0.15) is 5.56 Å². The molecule has 0 atom stereocenters. The second-order valence-corrected chi connectivity index (χ2v) is 14.0. The van der Waals surface area contributed by atoms with E-state index in [0.717, 1.165) is 72.3 Å². The molecule has 0 spiro atoms. The first-order valence-corrected chi connectivity index (χ1v) is 19.5. The molecule has 60 heavy (non-hydrogen) atoms. The highest BCUT2D eigenvalue weighted by atomic mass is 15.0. The van der Waals surface area contributed by atoms with E-state index >= 15 is 0 Å². The third-order valence-electron chi connectivity index (χ3n) is 10.1. The second-order valence-electron chi connectivity index (χ2n) is 14.0. The lowest BCUT2D eigenvalue weighted by molar-refractivity contribution is 1.07. The zero-order valence-corrected chi connectivity index (χ0v) is 32.6. The number of benzene rings is 7. The zero-order valence-electron chi connectivity index (χ0n) is 32.6. The molecule has 0 saturated carbocycles. The van der Waals surface area contributed by atoms with Crippen molar-refractivity contribution in [3.63, 3.8) is 0 Å². The van der Waals surface area contributed by atoms with Gasteiger partial charge in [0, 0.05) is 46.4 Å². The Morgan fingerprint density at radius 1 is 0.367 bits per heavy atom. The molecule has 0 saturated heterocycles. The van der Waals surface area contributed by atoms with Crippen LogP contribution in [0.2, 0.25) is 0 Å². The van der Waals surface area contributed by atoms with Crippen LogP contribution in [0.5, 0.6) is 0 Å². The van der Waals surface area contributed by atoms with Crippen LogP contribution < -0.4 is 0 Å². The lowest BCUT2D eigenvalue weighted by Crippen LogP contribution is -2.01. The second kappa shape index (κ2) is 17.1. The van der Waals surface area contributed by atoms with Crippen molar-refractivity contribution in [2.24, 2.45) is 9.98 Å². The Kier molecular flexibility index (Phi) is 10.6. The van der Waals surface area contributed by atoms with Crippen molar-refractivity contribution in [3.8, 4) is 90.1 Å². The Balaban J connectivity index is 1.22. The van der Waals surface area contributed by atoms with Gasteiger partial charge in [-0.2, -0.15) is 0 Å². The molecule has 0 aliphatic carbocycles. The van der Waals surface area contributed by atoms with Crippen LogP contribution in [-0.2, 0) is 0 Å². The highest BCUT2D eigenvalue weighted by molar-refractivity contribution is 6.02. The summed E-state index contributed by atoms with van der Waals surface area (Å²) in [5.41, 5.74) is 12.8. The van der Waals surface area contributed by atoms with Crippen molar-refractivity contribution >= 4 is 12.6 Å². The van der Waals surface area contributed by atoms with E-state index in [2.05, 4.69) is 142 Å². The topological polar surface area (TPSA) is 89.2 Å². The van der Waals surface area contributed by atoms with Crippen LogP contribution >= 0.6 is 0 Å². The number of hydrogen-bond acceptors (Lipinski definition) is 6. The highest BCUT2D eigenvalue weighted by Gasteiger charge is 2.17. The Bertz CT molecular complexity index is 2970. The summed E-state index contributed by atoms with van der Waals surface area (Å²) in [7, 11) is 0. The van der Waals surface area contributed by atoms with Gasteiger partial charge in [0.25, 0.3) is 0 Å². The Hall–Kier alpha value is -8.29. The van der Waals surface area contributed by atoms with Crippen molar-refractivity contribution in [1.29, 1.82) is 0 Å². The number of nitrogens with zero attached hydrogens (tertiary/aromatic N) is 7. The van der Waals surface area contributed by atoms with Gasteiger partial charge < -0.3 is 0 Å². The fourth-order valence-corrected chi connectivity index (χ4v) is 7.16. The van der Waals surface area contributed by atoms with Gasteiger partial charge in [0.15, 0.2) is 29.1 Å². The smallest absolute Gasteiger partial charge is 0.164 e. The molecule has 7 heteroatoms. The summed E-state index contributed by atoms with van der Waals surface area (Å²) in [6, 6.07) is 62.1. The van der Waals surface area contributed by atoms with E-state index < -0.39 is 0 Å². The molecule has 0 aliphatic rings. The summed E-state index contributed by atoms with van der Waals surface area (Å²) >= 11 is 0. The summed E-state index contributed by atoms with van der Waals surface area (Å²) in [6.07, 6.45) is 4.98. The number of aliphatic imine (C=N–C) groups is 2. The largest absolute Gasteiger partial charge is 0.245 e. The average Bonchev–Trinajstić information content (AvgIpc) is 3.34. The van der Waals surface area contributed by atoms with E-state index in [4.69, 9.17) is 15.0 Å². The van der Waals surface area contributed by atoms with Crippen molar-refractivity contribution in [1.82, 2.24) is 24.9 Å². The lowest BCUT2D eigenvalue weighted by atomic mass is 9.94. The van der Waals surface area contributed by atoms with Crippen LogP contribution in [0.4, 0.5) is 0 Å². The number of hydrogen-bond donors (Lipinski definition) is 0. The molecule has 0 unspecified atom stereocenters. The van der Waals surface area contributed by atoms with Crippen LogP contribution in [0.3, 0.4) is 0 Å². The van der Waals surface area contributed by atoms with E-state index in [0.29, 0.717) is 29.1 Å². The molecular formula is C53H37N7. The molecule has 0 N–H and O–H groups in total. The SMILES string of the molecule is C=CN=C(N=C)c1ccc(-c2cc(-c3ccccc3)cc(-c3nc(-c4ccccc4)nc(-c4cc(-c5ccccc5)cc(-c5ccc(-c6ncccn6)cc5)c4)n3)c2)cc1. The standard InChI is InChI=1S/C53H37N7/c1-3-55-49(54-2)41-24-20-38(21-25-41)45-30-43(36-14-7-4-8-15-36)32-47(34-45)52-58-51(40-18-11-6-12-19-40)59-53(60-52)48-33-44(37-16-9-5-10-17-37)31-46(35-48)39-22-26-42(27-23-39)50-56-28-13-29-57-50/h3-35H,1-2H2. The van der Waals surface area contributed by atoms with E-state index in [-0.39, 0.29) is 0 Å². The van der Waals surface area contributed by atoms with Gasteiger partial charge in [0.05, 0.1) is 0 Å². The molecule has 0 radical (unpaired) electrons. The summed E-state index contributed by atoms with van der Waals surface area (Å²) in [5.74, 6) is 2.90. The first-order valence-electron chi connectivity index (χ1n) is 19.5. The fraction of sp³-hybridized carbons (Fsp3) is 0. The van der Waals surface area contributed by atoms with Crippen molar-refractivity contribution < 1.29 is 0 Å². The number of amidine groups is 1. The maximum absolute atomic E-state index is 5.28. The average molecular weight is 772 g/mol. The molecule has 7 aromatic carbocycles. The normalized spacial score (nSPS) is 11.2. The highest BCUT2D eigenvalue weighted by Crippen LogP contribution is 2.36. The summed E-state index contributed by atoms with van der Waals surface area (Å²) in [5, 5.41) is 0. The molecule has 9 rings (SSSR count). The maximum atomic E-state index is 5.28. The Labute approximate surface area is 349 Å². The third kappa shape index (κ3) is 8.09. The van der Waals surface area contributed by atoms with Crippen LogP contribution in [0.25, 0.3) is 90.1 Å². The lowest BCUT2D eigenvalue weighted by Gasteiger charge is -2.14. The monoisotopic (exact) mass is 771 g/mol. The predicted octanol–water partition coefficient (Wildman–Crippen LogP) is 12.6. The van der Waals surface area contributed by atoms with E-state index in [1.807, 2.05) is 72.8 Å². The molecule has 2 heterocycles. The molecule has 2 aromatic heterocycles. The van der Waals surface area contributed by atoms with Crippen molar-refractivity contribution in [2.45, 2.75) is 0 Å². The summed E-state index contributed by atoms with van der Waals surface area (Å²) < 4.78 is 0. The summed E-state index contributed by atoms with van der Waals surface area (Å²) in [6.45, 7) is 7.41. The van der Waals surface area contributed by atoms with Gasteiger partial charge in [-0.1, -0.05) is 146 Å². The van der Waals surface area contributed by atoms with Crippen LogP contribution in [0.15, 0.2) is 217 Å². The molecule has 0 amide bonds. The van der Waals surface area contributed by atoms with E-state index in [9.17, 15) is 0 Å². The van der Waals surface area contributed by atoms with Gasteiger partial charge in [0.1, 0.15) is 0 Å². The first kappa shape index (κ1) is 37.3. The number of rotatable bonds is 10. The fourth-order valence-electron chi connectivity index (χ4n) is 7.16. The molecular weight excluding hydrogens is 735 g/mol. The molecule has 0 fully saturated rings. The zero-order chi connectivity index (χ0) is 40.7. The third-order valence-corrected chi connectivity index (χ3v) is 10.1. The van der Waals surface area contributed by atoms with Crippen molar-refractivity contribution in [3.05, 3.63) is 213 Å². The Morgan fingerprint density at radius 3 is 1.15 bits per heavy atom. The van der Waals surface area contributed by atoms with Crippen LogP contribution in [0, 0.1) is 0 Å². The van der Waals surface area contributed by atoms with Crippen LogP contribution in [-0.4, -0.2) is 37.5 Å². The minimum Gasteiger partial charge on any atom is -0.245 e.